The van der Waals surface area contributed by atoms with Crippen LogP contribution in [0.15, 0.2) is 65.3 Å². The van der Waals surface area contributed by atoms with E-state index in [9.17, 15) is 0 Å². The second-order valence-electron chi connectivity index (χ2n) is 7.98. The van der Waals surface area contributed by atoms with Gasteiger partial charge in [0.05, 0.1) is 24.0 Å². The molecule has 0 aliphatic rings. The van der Waals surface area contributed by atoms with Crippen LogP contribution in [0.1, 0.15) is 35.3 Å². The molecule has 6 heteroatoms. The van der Waals surface area contributed by atoms with E-state index in [4.69, 9.17) is 19.0 Å². The van der Waals surface area contributed by atoms with E-state index in [1.807, 2.05) is 18.3 Å². The number of aromatic amines is 1. The maximum absolute atomic E-state index is 5.58. The van der Waals surface area contributed by atoms with Crippen LogP contribution in [0.5, 0.6) is 0 Å². The number of H-pyrrole nitrogens is 1. The summed E-state index contributed by atoms with van der Waals surface area (Å²) in [5.41, 5.74) is 7.01. The van der Waals surface area contributed by atoms with Crippen molar-refractivity contribution in [3.8, 4) is 11.4 Å². The largest absolute Gasteiger partial charge is 0.380 e. The molecule has 162 valence electrons. The molecule has 0 saturated carbocycles. The summed E-state index contributed by atoms with van der Waals surface area (Å²) < 4.78 is 16.1. The number of hydrogen-bond acceptors (Lipinski definition) is 5. The fraction of sp³-hybridized carbons (Fsp3) is 0.231. The van der Waals surface area contributed by atoms with Crippen LogP contribution in [0.2, 0.25) is 0 Å². The van der Waals surface area contributed by atoms with Crippen molar-refractivity contribution in [2.45, 2.75) is 26.1 Å². The third kappa shape index (κ3) is 3.57. The van der Waals surface area contributed by atoms with E-state index in [0.29, 0.717) is 24.7 Å². The SMILES string of the molecule is COCc1cc(-c2ncc3[nH]c4ccc(C(C)c5ccccc5)cc4c3c2COC)no1. The second kappa shape index (κ2) is 8.57. The van der Waals surface area contributed by atoms with Crippen molar-refractivity contribution in [1.82, 2.24) is 15.1 Å². The highest BCUT2D eigenvalue weighted by atomic mass is 16.5. The monoisotopic (exact) mass is 427 g/mol. The van der Waals surface area contributed by atoms with Crippen LogP contribution >= 0.6 is 0 Å². The lowest BCUT2D eigenvalue weighted by Crippen LogP contribution is -1.97. The number of fused-ring (bicyclic) bond motifs is 3. The molecule has 1 atom stereocenters. The number of pyridine rings is 1. The predicted molar refractivity (Wildman–Crippen MR) is 124 cm³/mol. The summed E-state index contributed by atoms with van der Waals surface area (Å²) in [5, 5.41) is 6.47. The van der Waals surface area contributed by atoms with Crippen molar-refractivity contribution in [3.63, 3.8) is 0 Å². The molecule has 0 aliphatic carbocycles. The first kappa shape index (κ1) is 20.4. The Balaban J connectivity index is 1.69. The van der Waals surface area contributed by atoms with Gasteiger partial charge in [-0.25, -0.2) is 0 Å². The van der Waals surface area contributed by atoms with Gasteiger partial charge in [-0.1, -0.05) is 48.5 Å². The molecule has 0 saturated heterocycles. The van der Waals surface area contributed by atoms with Crippen LogP contribution < -0.4 is 0 Å². The van der Waals surface area contributed by atoms with E-state index in [1.54, 1.807) is 14.2 Å². The molecule has 2 aromatic carbocycles. The maximum atomic E-state index is 5.58. The van der Waals surface area contributed by atoms with E-state index < -0.39 is 0 Å². The first-order valence-electron chi connectivity index (χ1n) is 10.6. The number of nitrogens with one attached hydrogen (secondary N) is 1. The van der Waals surface area contributed by atoms with Gasteiger partial charge in [0.2, 0.25) is 0 Å². The van der Waals surface area contributed by atoms with Crippen LogP contribution in [-0.4, -0.2) is 29.3 Å². The average Bonchev–Trinajstić information content (AvgIpc) is 3.44. The normalized spacial score (nSPS) is 12.6. The predicted octanol–water partition coefficient (Wildman–Crippen LogP) is 5.82. The van der Waals surface area contributed by atoms with Crippen molar-refractivity contribution >= 4 is 21.8 Å². The molecule has 6 nitrogen and oxygen atoms in total. The quantitative estimate of drug-likeness (QED) is 0.354. The molecular weight excluding hydrogens is 402 g/mol. The molecule has 32 heavy (non-hydrogen) atoms. The molecule has 5 aromatic rings. The number of benzene rings is 2. The number of methoxy groups -OCH3 is 2. The minimum Gasteiger partial charge on any atom is -0.380 e. The molecule has 0 aliphatic heterocycles. The molecule has 0 amide bonds. The highest BCUT2D eigenvalue weighted by Gasteiger charge is 2.19. The zero-order valence-electron chi connectivity index (χ0n) is 18.4. The van der Waals surface area contributed by atoms with Gasteiger partial charge in [-0.05, 0) is 23.3 Å². The highest BCUT2D eigenvalue weighted by molar-refractivity contribution is 6.10. The van der Waals surface area contributed by atoms with E-state index in [1.165, 1.54) is 11.1 Å². The summed E-state index contributed by atoms with van der Waals surface area (Å²) in [4.78, 5) is 8.20. The maximum Gasteiger partial charge on any atom is 0.163 e. The smallest absolute Gasteiger partial charge is 0.163 e. The van der Waals surface area contributed by atoms with Crippen LogP contribution in [0.4, 0.5) is 0 Å². The number of rotatable bonds is 7. The lowest BCUT2D eigenvalue weighted by Gasteiger charge is -2.13. The third-order valence-corrected chi connectivity index (χ3v) is 5.94. The minimum atomic E-state index is 0.282. The molecule has 0 bridgehead atoms. The van der Waals surface area contributed by atoms with Gasteiger partial charge in [-0.3, -0.25) is 4.98 Å². The van der Waals surface area contributed by atoms with E-state index in [-0.39, 0.29) is 5.92 Å². The summed E-state index contributed by atoms with van der Waals surface area (Å²) in [5.74, 6) is 0.940. The summed E-state index contributed by atoms with van der Waals surface area (Å²) >= 11 is 0. The van der Waals surface area contributed by atoms with E-state index in [2.05, 4.69) is 59.5 Å². The Morgan fingerprint density at radius 2 is 1.75 bits per heavy atom. The Hall–Kier alpha value is -3.48. The summed E-state index contributed by atoms with van der Waals surface area (Å²) in [7, 11) is 3.32. The van der Waals surface area contributed by atoms with Gasteiger partial charge >= 0.3 is 0 Å². The van der Waals surface area contributed by atoms with E-state index >= 15 is 0 Å². The molecule has 1 N–H and O–H groups in total. The molecule has 0 fully saturated rings. The lowest BCUT2D eigenvalue weighted by molar-refractivity contribution is 0.156. The van der Waals surface area contributed by atoms with E-state index in [0.717, 1.165) is 33.1 Å². The number of nitrogens with zero attached hydrogens (tertiary/aromatic N) is 2. The fourth-order valence-electron chi connectivity index (χ4n) is 4.32. The van der Waals surface area contributed by atoms with Crippen molar-refractivity contribution in [2.24, 2.45) is 0 Å². The van der Waals surface area contributed by atoms with Gasteiger partial charge < -0.3 is 19.0 Å². The highest BCUT2D eigenvalue weighted by Crippen LogP contribution is 2.36. The van der Waals surface area contributed by atoms with Crippen LogP contribution in [-0.2, 0) is 22.7 Å². The van der Waals surface area contributed by atoms with Crippen LogP contribution in [0, 0.1) is 0 Å². The van der Waals surface area contributed by atoms with Gasteiger partial charge in [0.15, 0.2) is 5.76 Å². The Morgan fingerprint density at radius 3 is 2.53 bits per heavy atom. The number of aromatic nitrogens is 3. The standard InChI is InChI=1S/C26H25N3O3/c1-16(17-7-5-4-6-8-17)18-9-10-22-20(11-18)25-21(15-31-3)26(27-13-24(25)28-22)23-12-19(14-30-2)32-29-23/h4-13,16,28H,14-15H2,1-3H3. The molecule has 0 spiro atoms. The topological polar surface area (TPSA) is 73.2 Å². The van der Waals surface area contributed by atoms with Crippen LogP contribution in [0.3, 0.4) is 0 Å². The fourth-order valence-corrected chi connectivity index (χ4v) is 4.32. The summed E-state index contributed by atoms with van der Waals surface area (Å²) in [6.07, 6.45) is 1.86. The van der Waals surface area contributed by atoms with Crippen molar-refractivity contribution < 1.29 is 14.0 Å². The minimum absolute atomic E-state index is 0.282. The van der Waals surface area contributed by atoms with Gasteiger partial charge in [0, 0.05) is 48.1 Å². The first-order valence-corrected chi connectivity index (χ1v) is 10.6. The zero-order valence-corrected chi connectivity index (χ0v) is 18.4. The summed E-state index contributed by atoms with van der Waals surface area (Å²) in [6.45, 7) is 3.02. The average molecular weight is 428 g/mol. The summed E-state index contributed by atoms with van der Waals surface area (Å²) in [6, 6.07) is 19.0. The molecule has 5 rings (SSSR count). The zero-order chi connectivity index (χ0) is 22.1. The Morgan fingerprint density at radius 1 is 0.938 bits per heavy atom. The van der Waals surface area contributed by atoms with Crippen LogP contribution in [0.25, 0.3) is 33.2 Å². The first-order chi connectivity index (χ1) is 15.7. The van der Waals surface area contributed by atoms with Gasteiger partial charge in [0.1, 0.15) is 12.3 Å². The molecule has 3 heterocycles. The van der Waals surface area contributed by atoms with Crippen molar-refractivity contribution in [2.75, 3.05) is 14.2 Å². The second-order valence-corrected chi connectivity index (χ2v) is 7.98. The molecular formula is C26H25N3O3. The number of ether oxygens (including phenoxy) is 2. The molecule has 1 unspecified atom stereocenters. The third-order valence-electron chi connectivity index (χ3n) is 5.94. The Kier molecular flexibility index (Phi) is 5.47. The van der Waals surface area contributed by atoms with Gasteiger partial charge in [-0.2, -0.15) is 0 Å². The Bertz CT molecular complexity index is 1370. The van der Waals surface area contributed by atoms with Crippen molar-refractivity contribution in [1.29, 1.82) is 0 Å². The van der Waals surface area contributed by atoms with Crippen molar-refractivity contribution in [3.05, 3.63) is 83.2 Å². The van der Waals surface area contributed by atoms with Gasteiger partial charge in [-0.15, -0.1) is 0 Å². The lowest BCUT2D eigenvalue weighted by atomic mass is 9.92. The molecule has 0 radical (unpaired) electrons. The number of hydrogen-bond donors (Lipinski definition) is 1. The van der Waals surface area contributed by atoms with Gasteiger partial charge in [0.25, 0.3) is 0 Å². The molecule has 3 aromatic heterocycles. The Labute approximate surface area is 186 Å².